The molecule has 1 nitrogen and oxygen atoms in total. The Morgan fingerprint density at radius 2 is 2.14 bits per heavy atom. The Balaban J connectivity index is 2.44. The lowest BCUT2D eigenvalue weighted by molar-refractivity contribution is 0.0106. The van der Waals surface area contributed by atoms with Crippen LogP contribution in [0, 0.1) is 17.8 Å². The van der Waals surface area contributed by atoms with E-state index in [4.69, 9.17) is 6.42 Å². The van der Waals surface area contributed by atoms with E-state index in [-0.39, 0.29) is 5.41 Å². The molecule has 0 aromatic rings. The average molecular weight is 212 g/mol. The fourth-order valence-electron chi connectivity index (χ4n) is 2.19. The molecule has 1 rings (SSSR count). The Kier molecular flexibility index (Phi) is 3.92. The molecule has 2 heteroatoms. The smallest absolute Gasteiger partial charge is 0.0743 e. The monoisotopic (exact) mass is 212 g/mol. The van der Waals surface area contributed by atoms with Crippen LogP contribution < -0.4 is 0 Å². The van der Waals surface area contributed by atoms with Gasteiger partial charge in [-0.3, -0.25) is 0 Å². The highest BCUT2D eigenvalue weighted by atomic mass is 32.2. The van der Waals surface area contributed by atoms with E-state index in [2.05, 4.69) is 19.8 Å². The van der Waals surface area contributed by atoms with Crippen LogP contribution in [-0.2, 0) is 0 Å². The van der Waals surface area contributed by atoms with Crippen molar-refractivity contribution in [2.45, 2.75) is 45.1 Å². The van der Waals surface area contributed by atoms with Gasteiger partial charge in [0.2, 0.25) is 0 Å². The standard InChI is InChI=1S/C12H20OS/c1-4-5-6-7-12(13)8-11(2,3)9-14-10-12/h1,13H,5-10H2,2-3H3. The quantitative estimate of drug-likeness (QED) is 0.573. The van der Waals surface area contributed by atoms with Gasteiger partial charge in [-0.1, -0.05) is 13.8 Å². The number of hydrogen-bond donors (Lipinski definition) is 1. The van der Waals surface area contributed by atoms with Crippen molar-refractivity contribution in [1.82, 2.24) is 0 Å². The van der Waals surface area contributed by atoms with Gasteiger partial charge >= 0.3 is 0 Å². The zero-order chi connectivity index (χ0) is 10.7. The molecule has 14 heavy (non-hydrogen) atoms. The molecule has 1 saturated heterocycles. The minimum atomic E-state index is -0.469. The van der Waals surface area contributed by atoms with Crippen LogP contribution in [0.2, 0.25) is 0 Å². The molecule has 0 bridgehead atoms. The molecule has 1 unspecified atom stereocenters. The Bertz CT molecular complexity index is 229. The van der Waals surface area contributed by atoms with E-state index in [1.165, 1.54) is 0 Å². The van der Waals surface area contributed by atoms with E-state index in [0.29, 0.717) is 0 Å². The first kappa shape index (κ1) is 11.9. The number of rotatable bonds is 3. The highest BCUT2D eigenvalue weighted by Crippen LogP contribution is 2.41. The van der Waals surface area contributed by atoms with E-state index in [9.17, 15) is 5.11 Å². The zero-order valence-corrected chi connectivity index (χ0v) is 9.99. The summed E-state index contributed by atoms with van der Waals surface area (Å²) in [6, 6.07) is 0. The van der Waals surface area contributed by atoms with Gasteiger partial charge in [0.15, 0.2) is 0 Å². The Labute approximate surface area is 91.7 Å². The summed E-state index contributed by atoms with van der Waals surface area (Å²) in [7, 11) is 0. The van der Waals surface area contributed by atoms with Crippen LogP contribution in [-0.4, -0.2) is 22.2 Å². The largest absolute Gasteiger partial charge is 0.389 e. The van der Waals surface area contributed by atoms with Crippen molar-refractivity contribution in [3.8, 4) is 12.3 Å². The molecule has 0 amide bonds. The van der Waals surface area contributed by atoms with Crippen LogP contribution in [0.25, 0.3) is 0 Å². The Morgan fingerprint density at radius 3 is 2.71 bits per heavy atom. The highest BCUT2D eigenvalue weighted by molar-refractivity contribution is 7.99. The van der Waals surface area contributed by atoms with Crippen molar-refractivity contribution in [3.05, 3.63) is 0 Å². The predicted octanol–water partition coefficient (Wildman–Crippen LogP) is 2.68. The summed E-state index contributed by atoms with van der Waals surface area (Å²) in [5.74, 6) is 4.66. The van der Waals surface area contributed by atoms with Crippen LogP contribution in [0.15, 0.2) is 0 Å². The Morgan fingerprint density at radius 1 is 1.43 bits per heavy atom. The van der Waals surface area contributed by atoms with Crippen molar-refractivity contribution >= 4 is 11.8 Å². The van der Waals surface area contributed by atoms with E-state index in [0.717, 1.165) is 37.2 Å². The second kappa shape index (κ2) is 4.59. The second-order valence-electron chi connectivity index (χ2n) is 5.12. The summed E-state index contributed by atoms with van der Waals surface area (Å²) in [5, 5.41) is 10.3. The molecule has 0 aromatic heterocycles. The van der Waals surface area contributed by atoms with Gasteiger partial charge in [-0.2, -0.15) is 11.8 Å². The molecule has 1 atom stereocenters. The van der Waals surface area contributed by atoms with E-state index < -0.39 is 5.60 Å². The third-order valence-electron chi connectivity index (χ3n) is 2.63. The fraction of sp³-hybridized carbons (Fsp3) is 0.833. The highest BCUT2D eigenvalue weighted by Gasteiger charge is 2.38. The van der Waals surface area contributed by atoms with Crippen LogP contribution in [0.3, 0.4) is 0 Å². The number of aliphatic hydroxyl groups is 1. The average Bonchev–Trinajstić information content (AvgIpc) is 2.01. The summed E-state index contributed by atoms with van der Waals surface area (Å²) >= 11 is 1.87. The van der Waals surface area contributed by atoms with E-state index in [1.54, 1.807) is 0 Å². The summed E-state index contributed by atoms with van der Waals surface area (Å²) in [6.45, 7) is 4.45. The van der Waals surface area contributed by atoms with Crippen molar-refractivity contribution in [2.75, 3.05) is 11.5 Å². The molecule has 1 N–H and O–H groups in total. The van der Waals surface area contributed by atoms with Crippen molar-refractivity contribution < 1.29 is 5.11 Å². The van der Waals surface area contributed by atoms with Gasteiger partial charge in [0.05, 0.1) is 5.60 Å². The van der Waals surface area contributed by atoms with Gasteiger partial charge in [-0.25, -0.2) is 0 Å². The van der Waals surface area contributed by atoms with Crippen LogP contribution in [0.5, 0.6) is 0 Å². The lowest BCUT2D eigenvalue weighted by atomic mass is 9.79. The number of unbranched alkanes of at least 4 members (excludes halogenated alkanes) is 1. The molecule has 0 saturated carbocycles. The van der Waals surface area contributed by atoms with Crippen LogP contribution in [0.4, 0.5) is 0 Å². The number of terminal acetylenes is 1. The molecule has 80 valence electrons. The lowest BCUT2D eigenvalue weighted by Gasteiger charge is -2.41. The maximum absolute atomic E-state index is 10.3. The normalized spacial score (nSPS) is 31.0. The SMILES string of the molecule is C#CCCCC1(O)CSCC(C)(C)C1. The molecule has 1 aliphatic rings. The minimum Gasteiger partial charge on any atom is -0.389 e. The molecule has 1 fully saturated rings. The summed E-state index contributed by atoms with van der Waals surface area (Å²) in [5.41, 5.74) is -0.197. The molecular weight excluding hydrogens is 192 g/mol. The third kappa shape index (κ3) is 3.55. The van der Waals surface area contributed by atoms with Crippen LogP contribution >= 0.6 is 11.8 Å². The zero-order valence-electron chi connectivity index (χ0n) is 9.18. The number of hydrogen-bond acceptors (Lipinski definition) is 2. The van der Waals surface area contributed by atoms with Gasteiger partial charge in [-0.15, -0.1) is 12.3 Å². The van der Waals surface area contributed by atoms with Gasteiger partial charge in [0.25, 0.3) is 0 Å². The minimum absolute atomic E-state index is 0.272. The maximum Gasteiger partial charge on any atom is 0.0743 e. The third-order valence-corrected chi connectivity index (χ3v) is 4.36. The fourth-order valence-corrected chi connectivity index (χ4v) is 3.57. The first-order valence-corrected chi connectivity index (χ1v) is 6.37. The van der Waals surface area contributed by atoms with E-state index >= 15 is 0 Å². The van der Waals surface area contributed by atoms with Gasteiger partial charge < -0.3 is 5.11 Å². The summed E-state index contributed by atoms with van der Waals surface area (Å²) < 4.78 is 0. The molecule has 0 aromatic carbocycles. The number of thioether (sulfide) groups is 1. The van der Waals surface area contributed by atoms with Gasteiger partial charge in [-0.05, 0) is 30.4 Å². The second-order valence-corrected chi connectivity index (χ2v) is 6.10. The van der Waals surface area contributed by atoms with E-state index in [1.807, 2.05) is 11.8 Å². The summed E-state index contributed by atoms with van der Waals surface area (Å²) in [6.07, 6.45) is 8.71. The molecular formula is C12H20OS. The predicted molar refractivity (Wildman–Crippen MR) is 63.4 cm³/mol. The van der Waals surface area contributed by atoms with Crippen LogP contribution in [0.1, 0.15) is 39.5 Å². The van der Waals surface area contributed by atoms with Crippen molar-refractivity contribution in [1.29, 1.82) is 0 Å². The first-order chi connectivity index (χ1) is 6.47. The molecule has 1 aliphatic heterocycles. The molecule has 0 aliphatic carbocycles. The van der Waals surface area contributed by atoms with Crippen molar-refractivity contribution in [2.24, 2.45) is 5.41 Å². The maximum atomic E-state index is 10.3. The first-order valence-electron chi connectivity index (χ1n) is 5.21. The van der Waals surface area contributed by atoms with Gasteiger partial charge in [0, 0.05) is 12.2 Å². The Hall–Kier alpha value is -0.130. The topological polar surface area (TPSA) is 20.2 Å². The lowest BCUT2D eigenvalue weighted by Crippen LogP contribution is -2.42. The van der Waals surface area contributed by atoms with Crippen molar-refractivity contribution in [3.63, 3.8) is 0 Å². The van der Waals surface area contributed by atoms with Gasteiger partial charge in [0.1, 0.15) is 0 Å². The molecule has 0 radical (unpaired) electrons. The summed E-state index contributed by atoms with van der Waals surface area (Å²) in [4.78, 5) is 0. The molecule has 0 spiro atoms. The molecule has 1 heterocycles.